The molecule has 4 rings (SSSR count). The highest BCUT2D eigenvalue weighted by Gasteiger charge is 2.36. The second kappa shape index (κ2) is 8.23. The molecule has 0 saturated heterocycles. The summed E-state index contributed by atoms with van der Waals surface area (Å²) in [5, 5.41) is 9.50. The van der Waals surface area contributed by atoms with Crippen molar-refractivity contribution in [1.82, 2.24) is 0 Å². The third kappa shape index (κ3) is 3.74. The molecule has 0 heterocycles. The molecule has 1 aliphatic carbocycles. The van der Waals surface area contributed by atoms with Crippen LogP contribution in [0, 0.1) is 0 Å². The highest BCUT2D eigenvalue weighted by molar-refractivity contribution is 9.10. The molecule has 0 aliphatic heterocycles. The molecular weight excluding hydrogens is 440 g/mol. The lowest BCUT2D eigenvalue weighted by Gasteiger charge is -2.36. The first-order valence-corrected chi connectivity index (χ1v) is 10.5. The SMILES string of the molecule is CO[C@]1(c2ccc(Br)cc2)C=C[C@@](OC)(c2ccc(-c3ccc(O)cc3)cc2)C=C1. The van der Waals surface area contributed by atoms with Gasteiger partial charge >= 0.3 is 0 Å². The van der Waals surface area contributed by atoms with E-state index in [9.17, 15) is 5.11 Å². The summed E-state index contributed by atoms with van der Waals surface area (Å²) in [7, 11) is 3.42. The number of methoxy groups -OCH3 is 2. The Balaban J connectivity index is 1.65. The number of halogens is 1. The Hall–Kier alpha value is -2.66. The topological polar surface area (TPSA) is 38.7 Å². The van der Waals surface area contributed by atoms with Crippen LogP contribution in [0.4, 0.5) is 0 Å². The molecule has 1 N–H and O–H groups in total. The van der Waals surface area contributed by atoms with Crippen molar-refractivity contribution in [2.45, 2.75) is 11.2 Å². The van der Waals surface area contributed by atoms with Crippen molar-refractivity contribution in [2.75, 3.05) is 14.2 Å². The van der Waals surface area contributed by atoms with E-state index in [4.69, 9.17) is 9.47 Å². The van der Waals surface area contributed by atoms with Gasteiger partial charge in [-0.05, 0) is 70.8 Å². The second-order valence-electron chi connectivity index (χ2n) is 7.29. The second-order valence-corrected chi connectivity index (χ2v) is 8.21. The fourth-order valence-corrected chi connectivity index (χ4v) is 4.05. The van der Waals surface area contributed by atoms with Gasteiger partial charge in [0.1, 0.15) is 17.0 Å². The fraction of sp³-hybridized carbons (Fsp3) is 0.154. The zero-order chi connectivity index (χ0) is 21.2. The maximum absolute atomic E-state index is 9.50. The van der Waals surface area contributed by atoms with Gasteiger partial charge in [-0.15, -0.1) is 0 Å². The van der Waals surface area contributed by atoms with Crippen LogP contribution in [-0.4, -0.2) is 19.3 Å². The molecule has 4 heteroatoms. The first-order valence-electron chi connectivity index (χ1n) is 9.67. The van der Waals surface area contributed by atoms with Gasteiger partial charge in [0.15, 0.2) is 0 Å². The lowest BCUT2D eigenvalue weighted by Crippen LogP contribution is -2.33. The van der Waals surface area contributed by atoms with Crippen LogP contribution in [0.15, 0.2) is 102 Å². The van der Waals surface area contributed by atoms with Gasteiger partial charge in [0.25, 0.3) is 0 Å². The summed E-state index contributed by atoms with van der Waals surface area (Å²) in [6, 6.07) is 23.6. The minimum atomic E-state index is -0.662. The van der Waals surface area contributed by atoms with Crippen molar-refractivity contribution in [1.29, 1.82) is 0 Å². The van der Waals surface area contributed by atoms with Crippen molar-refractivity contribution >= 4 is 15.9 Å². The van der Waals surface area contributed by atoms with Gasteiger partial charge < -0.3 is 14.6 Å². The van der Waals surface area contributed by atoms with Crippen LogP contribution in [0.2, 0.25) is 0 Å². The molecule has 152 valence electrons. The molecule has 3 nitrogen and oxygen atoms in total. The zero-order valence-electron chi connectivity index (χ0n) is 16.9. The number of phenols is 1. The first kappa shape index (κ1) is 20.6. The number of hydrogen-bond acceptors (Lipinski definition) is 3. The lowest BCUT2D eigenvalue weighted by molar-refractivity contribution is 0.0421. The molecule has 30 heavy (non-hydrogen) atoms. The summed E-state index contributed by atoms with van der Waals surface area (Å²) in [5.41, 5.74) is 2.91. The van der Waals surface area contributed by atoms with Gasteiger partial charge in [-0.2, -0.15) is 0 Å². The van der Waals surface area contributed by atoms with E-state index >= 15 is 0 Å². The number of aromatic hydroxyl groups is 1. The normalized spacial score (nSPS) is 22.9. The summed E-state index contributed by atoms with van der Waals surface area (Å²) >= 11 is 3.49. The Kier molecular flexibility index (Phi) is 5.65. The number of phenolic OH excluding ortho intramolecular Hbond substituents is 1. The van der Waals surface area contributed by atoms with Crippen LogP contribution in [-0.2, 0) is 20.7 Å². The highest BCUT2D eigenvalue weighted by atomic mass is 79.9. The largest absolute Gasteiger partial charge is 0.508 e. The van der Waals surface area contributed by atoms with Gasteiger partial charge in [0.2, 0.25) is 0 Å². The molecule has 3 aromatic rings. The highest BCUT2D eigenvalue weighted by Crippen LogP contribution is 2.40. The van der Waals surface area contributed by atoms with E-state index in [0.717, 1.165) is 26.7 Å². The third-order valence-corrected chi connectivity index (χ3v) is 6.19. The van der Waals surface area contributed by atoms with E-state index in [-0.39, 0.29) is 5.75 Å². The minimum Gasteiger partial charge on any atom is -0.508 e. The number of benzene rings is 3. The van der Waals surface area contributed by atoms with Gasteiger partial charge in [-0.1, -0.05) is 64.5 Å². The maximum atomic E-state index is 9.50. The van der Waals surface area contributed by atoms with Crippen LogP contribution in [0.25, 0.3) is 11.1 Å². The van der Waals surface area contributed by atoms with Gasteiger partial charge in [-0.25, -0.2) is 0 Å². The fourth-order valence-electron chi connectivity index (χ4n) is 3.79. The lowest BCUT2D eigenvalue weighted by atomic mass is 9.81. The van der Waals surface area contributed by atoms with Gasteiger partial charge in [0.05, 0.1) is 0 Å². The Morgan fingerprint density at radius 3 is 1.37 bits per heavy atom. The predicted octanol–water partition coefficient (Wildman–Crippen LogP) is 6.33. The van der Waals surface area contributed by atoms with Crippen LogP contribution in [0.5, 0.6) is 5.75 Å². The molecule has 1 aliphatic rings. The Morgan fingerprint density at radius 2 is 0.967 bits per heavy atom. The first-order chi connectivity index (χ1) is 14.5. The van der Waals surface area contributed by atoms with E-state index in [1.807, 2.05) is 48.6 Å². The van der Waals surface area contributed by atoms with Gasteiger partial charge in [0, 0.05) is 18.7 Å². The number of rotatable bonds is 5. The molecule has 0 bridgehead atoms. The van der Waals surface area contributed by atoms with Crippen LogP contribution < -0.4 is 0 Å². The van der Waals surface area contributed by atoms with Crippen molar-refractivity contribution in [3.8, 4) is 16.9 Å². The summed E-state index contributed by atoms with van der Waals surface area (Å²) < 4.78 is 12.9. The van der Waals surface area contributed by atoms with Gasteiger partial charge in [-0.3, -0.25) is 0 Å². The summed E-state index contributed by atoms with van der Waals surface area (Å²) in [6.45, 7) is 0. The summed E-state index contributed by atoms with van der Waals surface area (Å²) in [4.78, 5) is 0. The molecule has 0 spiro atoms. The van der Waals surface area contributed by atoms with E-state index in [2.05, 4.69) is 52.3 Å². The van der Waals surface area contributed by atoms with E-state index in [1.54, 1.807) is 26.4 Å². The van der Waals surface area contributed by atoms with E-state index in [0.29, 0.717) is 0 Å². The molecule has 3 aromatic carbocycles. The average Bonchev–Trinajstić information content (AvgIpc) is 2.80. The maximum Gasteiger partial charge on any atom is 0.129 e. The molecule has 0 aromatic heterocycles. The molecule has 0 atom stereocenters. The molecule has 0 fully saturated rings. The predicted molar refractivity (Wildman–Crippen MR) is 123 cm³/mol. The Bertz CT molecular complexity index is 1050. The van der Waals surface area contributed by atoms with Crippen molar-refractivity contribution in [2.24, 2.45) is 0 Å². The molecule has 0 amide bonds. The van der Waals surface area contributed by atoms with Crippen LogP contribution in [0.1, 0.15) is 11.1 Å². The third-order valence-electron chi connectivity index (χ3n) is 5.66. The van der Waals surface area contributed by atoms with E-state index < -0.39 is 11.2 Å². The quantitative estimate of drug-likeness (QED) is 0.450. The molecule has 0 saturated carbocycles. The standard InChI is InChI=1S/C26H23BrO3/c1-29-25(21-7-3-19(4-8-21)20-5-13-24(28)14-6-20)15-17-26(30-2,18-16-25)22-9-11-23(27)12-10-22/h3-18,28H,1-2H3/t25-,26+. The summed E-state index contributed by atoms with van der Waals surface area (Å²) in [5.74, 6) is 0.263. The molecule has 0 unspecified atom stereocenters. The van der Waals surface area contributed by atoms with Crippen molar-refractivity contribution in [3.63, 3.8) is 0 Å². The number of ether oxygens (including phenoxy) is 2. The smallest absolute Gasteiger partial charge is 0.129 e. The van der Waals surface area contributed by atoms with E-state index in [1.165, 1.54) is 0 Å². The van der Waals surface area contributed by atoms with Crippen LogP contribution in [0.3, 0.4) is 0 Å². The Labute approximate surface area is 185 Å². The monoisotopic (exact) mass is 462 g/mol. The van der Waals surface area contributed by atoms with Crippen LogP contribution >= 0.6 is 15.9 Å². The number of hydrogen-bond donors (Lipinski definition) is 1. The van der Waals surface area contributed by atoms with Crippen molar-refractivity contribution < 1.29 is 14.6 Å². The zero-order valence-corrected chi connectivity index (χ0v) is 18.5. The minimum absolute atomic E-state index is 0.263. The average molecular weight is 463 g/mol. The Morgan fingerprint density at radius 1 is 0.600 bits per heavy atom. The summed E-state index contributed by atoms with van der Waals surface area (Å²) in [6.07, 6.45) is 8.20. The molecule has 0 radical (unpaired) electrons. The van der Waals surface area contributed by atoms with Crippen molar-refractivity contribution in [3.05, 3.63) is 113 Å². The molecular formula is C26H23BrO3.